The number of hydrogen-bond donors (Lipinski definition) is 2. The minimum absolute atomic E-state index is 0.0495. The van der Waals surface area contributed by atoms with Crippen molar-refractivity contribution in [3.63, 3.8) is 0 Å². The second-order valence-electron chi connectivity index (χ2n) is 5.01. The molecule has 5 atom stereocenters. The smallest absolute Gasteiger partial charge is 0.386 e. The van der Waals surface area contributed by atoms with E-state index in [1.165, 1.54) is 0 Å². The Morgan fingerprint density at radius 1 is 1.00 bits per heavy atom. The lowest BCUT2D eigenvalue weighted by atomic mass is 9.84. The van der Waals surface area contributed by atoms with Gasteiger partial charge in [0.25, 0.3) is 0 Å². The Bertz CT molecular complexity index is 352. The third-order valence-corrected chi connectivity index (χ3v) is 3.80. The van der Waals surface area contributed by atoms with Crippen molar-refractivity contribution in [1.29, 1.82) is 0 Å². The zero-order valence-corrected chi connectivity index (χ0v) is 9.24. The maximum atomic E-state index is 13.4. The molecule has 2 aliphatic carbocycles. The van der Waals surface area contributed by atoms with Crippen LogP contribution in [0, 0.1) is 17.8 Å². The van der Waals surface area contributed by atoms with Crippen LogP contribution in [-0.4, -0.2) is 34.5 Å². The van der Waals surface area contributed by atoms with Gasteiger partial charge in [-0.1, -0.05) is 12.2 Å². The Morgan fingerprint density at radius 2 is 1.61 bits per heavy atom. The molecule has 0 saturated heterocycles. The Hall–Kier alpha value is -0.690. The van der Waals surface area contributed by atoms with Crippen LogP contribution in [0.5, 0.6) is 0 Å². The molecule has 0 aromatic rings. The van der Waals surface area contributed by atoms with E-state index < -0.39 is 30.2 Å². The fourth-order valence-electron chi connectivity index (χ4n) is 2.85. The average molecular weight is 272 g/mol. The van der Waals surface area contributed by atoms with Crippen LogP contribution in [0.2, 0.25) is 0 Å². The van der Waals surface area contributed by atoms with Crippen molar-refractivity contribution in [3.05, 3.63) is 12.2 Å². The Labute approximate surface area is 100 Å². The maximum absolute atomic E-state index is 13.4. The molecule has 18 heavy (non-hydrogen) atoms. The zero-order valence-electron chi connectivity index (χ0n) is 9.24. The summed E-state index contributed by atoms with van der Waals surface area (Å²) in [6.45, 7) is 0. The van der Waals surface area contributed by atoms with Crippen molar-refractivity contribution in [2.24, 2.45) is 17.8 Å². The summed E-state index contributed by atoms with van der Waals surface area (Å²) >= 11 is 0. The molecule has 5 unspecified atom stereocenters. The van der Waals surface area contributed by atoms with Crippen molar-refractivity contribution in [2.75, 3.05) is 0 Å². The maximum Gasteiger partial charge on any atom is 0.420 e. The Morgan fingerprint density at radius 3 is 2.00 bits per heavy atom. The van der Waals surface area contributed by atoms with Crippen LogP contribution in [0.25, 0.3) is 0 Å². The van der Waals surface area contributed by atoms with Crippen molar-refractivity contribution < 1.29 is 32.2 Å². The van der Waals surface area contributed by atoms with Gasteiger partial charge in [0.05, 0.1) is 0 Å². The van der Waals surface area contributed by atoms with E-state index in [9.17, 15) is 27.1 Å². The molecular weight excluding hydrogens is 259 g/mol. The first-order valence-corrected chi connectivity index (χ1v) is 5.63. The molecule has 1 fully saturated rings. The number of rotatable bonds is 3. The van der Waals surface area contributed by atoms with Gasteiger partial charge in [0.15, 0.2) is 0 Å². The topological polar surface area (TPSA) is 40.5 Å². The quantitative estimate of drug-likeness (QED) is 0.610. The van der Waals surface area contributed by atoms with Crippen LogP contribution >= 0.6 is 0 Å². The van der Waals surface area contributed by atoms with Gasteiger partial charge in [0, 0.05) is 0 Å². The summed E-state index contributed by atoms with van der Waals surface area (Å²) in [6.07, 6.45) is -7.46. The molecule has 2 N–H and O–H groups in total. The fourth-order valence-corrected chi connectivity index (χ4v) is 2.85. The number of alkyl halides is 5. The van der Waals surface area contributed by atoms with Gasteiger partial charge < -0.3 is 10.2 Å². The highest BCUT2D eigenvalue weighted by molar-refractivity contribution is 5.13. The largest absolute Gasteiger partial charge is 0.420 e. The minimum Gasteiger partial charge on any atom is -0.386 e. The summed E-state index contributed by atoms with van der Waals surface area (Å²) in [5.74, 6) is -5.78. The number of hydrogen-bond acceptors (Lipinski definition) is 2. The number of aliphatic hydroxyl groups excluding tert-OH is 2. The summed E-state index contributed by atoms with van der Waals surface area (Å²) in [5, 5.41) is 18.2. The zero-order chi connectivity index (χ0) is 13.7. The monoisotopic (exact) mass is 272 g/mol. The first-order valence-electron chi connectivity index (χ1n) is 5.63. The number of halogens is 5. The van der Waals surface area contributed by atoms with Gasteiger partial charge in [0.1, 0.15) is 6.10 Å². The van der Waals surface area contributed by atoms with Gasteiger partial charge in [-0.15, -0.1) is 0 Å². The van der Waals surface area contributed by atoms with Gasteiger partial charge >= 0.3 is 12.1 Å². The van der Waals surface area contributed by atoms with Crippen molar-refractivity contribution in [3.8, 4) is 0 Å². The Kier molecular flexibility index (Phi) is 3.18. The molecule has 2 bridgehead atoms. The van der Waals surface area contributed by atoms with E-state index in [4.69, 9.17) is 5.11 Å². The average Bonchev–Trinajstić information content (AvgIpc) is 2.87. The molecule has 7 heteroatoms. The number of aliphatic hydroxyl groups is 2. The first-order chi connectivity index (χ1) is 8.14. The van der Waals surface area contributed by atoms with Crippen LogP contribution in [-0.2, 0) is 0 Å². The molecule has 0 amide bonds. The molecule has 0 radical (unpaired) electrons. The molecule has 104 valence electrons. The van der Waals surface area contributed by atoms with Crippen LogP contribution in [0.15, 0.2) is 12.2 Å². The molecule has 1 saturated carbocycles. The van der Waals surface area contributed by atoms with Crippen LogP contribution < -0.4 is 0 Å². The SMILES string of the molecule is OC(C1CC2C=CC1C2)C(F)(F)C(O)C(F)(F)F. The lowest BCUT2D eigenvalue weighted by Crippen LogP contribution is -2.54. The third kappa shape index (κ3) is 2.14. The van der Waals surface area contributed by atoms with E-state index in [0.29, 0.717) is 6.42 Å². The van der Waals surface area contributed by atoms with Gasteiger partial charge in [0.2, 0.25) is 6.10 Å². The lowest BCUT2D eigenvalue weighted by molar-refractivity contribution is -0.296. The van der Waals surface area contributed by atoms with E-state index in [1.54, 1.807) is 6.08 Å². The molecular formula is C11H13F5O2. The van der Waals surface area contributed by atoms with Crippen molar-refractivity contribution in [1.82, 2.24) is 0 Å². The highest BCUT2D eigenvalue weighted by Gasteiger charge is 2.61. The van der Waals surface area contributed by atoms with Crippen LogP contribution in [0.1, 0.15) is 12.8 Å². The van der Waals surface area contributed by atoms with E-state index in [2.05, 4.69) is 0 Å². The van der Waals surface area contributed by atoms with E-state index in [0.717, 1.165) is 0 Å². The van der Waals surface area contributed by atoms with Crippen molar-refractivity contribution >= 4 is 0 Å². The number of allylic oxidation sites excluding steroid dienone is 2. The molecule has 0 aromatic carbocycles. The Balaban J connectivity index is 2.12. The summed E-state index contributed by atoms with van der Waals surface area (Å²) < 4.78 is 63.3. The summed E-state index contributed by atoms with van der Waals surface area (Å²) in [6, 6.07) is 0. The molecule has 2 rings (SSSR count). The highest BCUT2D eigenvalue weighted by atomic mass is 19.4. The van der Waals surface area contributed by atoms with E-state index in [-0.39, 0.29) is 18.3 Å². The first kappa shape index (κ1) is 13.7. The summed E-state index contributed by atoms with van der Waals surface area (Å²) in [5.41, 5.74) is 0. The molecule has 2 nitrogen and oxygen atoms in total. The summed E-state index contributed by atoms with van der Waals surface area (Å²) in [4.78, 5) is 0. The third-order valence-electron chi connectivity index (χ3n) is 3.80. The highest BCUT2D eigenvalue weighted by Crippen LogP contribution is 2.49. The fraction of sp³-hybridized carbons (Fsp3) is 0.818. The predicted molar refractivity (Wildman–Crippen MR) is 51.9 cm³/mol. The molecule has 0 aromatic heterocycles. The molecule has 2 aliphatic rings. The van der Waals surface area contributed by atoms with E-state index in [1.807, 2.05) is 6.08 Å². The lowest BCUT2D eigenvalue weighted by Gasteiger charge is -2.34. The summed E-state index contributed by atoms with van der Waals surface area (Å²) in [7, 11) is 0. The van der Waals surface area contributed by atoms with Gasteiger partial charge in [-0.05, 0) is 30.6 Å². The van der Waals surface area contributed by atoms with Gasteiger partial charge in [-0.2, -0.15) is 13.2 Å². The minimum atomic E-state index is -5.45. The van der Waals surface area contributed by atoms with Crippen LogP contribution in [0.4, 0.5) is 22.0 Å². The standard InChI is InChI=1S/C11H13F5O2/c12-10(13,9(18)11(14,15)16)8(17)7-4-5-1-2-6(7)3-5/h1-2,5-9,17-18H,3-4H2. The normalized spacial score (nSPS) is 34.9. The van der Waals surface area contributed by atoms with Crippen molar-refractivity contribution in [2.45, 2.75) is 37.1 Å². The molecule has 0 spiro atoms. The van der Waals surface area contributed by atoms with Crippen LogP contribution in [0.3, 0.4) is 0 Å². The number of fused-ring (bicyclic) bond motifs is 2. The van der Waals surface area contributed by atoms with Gasteiger partial charge in [-0.3, -0.25) is 0 Å². The van der Waals surface area contributed by atoms with Gasteiger partial charge in [-0.25, -0.2) is 8.78 Å². The molecule has 0 aliphatic heterocycles. The second kappa shape index (κ2) is 4.16. The molecule has 0 heterocycles. The predicted octanol–water partition coefficient (Wildman–Crippen LogP) is 2.12. The van der Waals surface area contributed by atoms with E-state index >= 15 is 0 Å². The second-order valence-corrected chi connectivity index (χ2v) is 5.01.